The van der Waals surface area contributed by atoms with Gasteiger partial charge in [0.2, 0.25) is 0 Å². The Morgan fingerprint density at radius 3 is 2.68 bits per heavy atom. The van der Waals surface area contributed by atoms with E-state index in [0.29, 0.717) is 0 Å². The number of fused-ring (bicyclic) bond motifs is 1. The lowest BCUT2D eigenvalue weighted by molar-refractivity contribution is -0.140. The SMILES string of the molecule is Cn1cc(NC(=O)c2cnn3ccc(N4CCCCC4)nc23)c(C(F)(F)F)n1. The molecule has 1 fully saturated rings. The summed E-state index contributed by atoms with van der Waals surface area (Å²) in [6, 6.07) is 1.82. The fraction of sp³-hybridized carbons (Fsp3) is 0.412. The van der Waals surface area contributed by atoms with E-state index in [2.05, 4.69) is 25.4 Å². The van der Waals surface area contributed by atoms with Gasteiger partial charge in [-0.05, 0) is 25.3 Å². The quantitative estimate of drug-likeness (QED) is 0.740. The summed E-state index contributed by atoms with van der Waals surface area (Å²) in [5.41, 5.74) is -1.18. The molecule has 4 heterocycles. The van der Waals surface area contributed by atoms with Gasteiger partial charge < -0.3 is 10.2 Å². The number of halogens is 3. The number of carbonyl (C=O) groups excluding carboxylic acids is 1. The second-order valence-corrected chi connectivity index (χ2v) is 6.68. The van der Waals surface area contributed by atoms with Gasteiger partial charge in [0.05, 0.1) is 11.9 Å². The lowest BCUT2D eigenvalue weighted by atomic mass is 10.1. The van der Waals surface area contributed by atoms with Crippen molar-refractivity contribution in [2.24, 2.45) is 7.05 Å². The molecule has 0 saturated carbocycles. The van der Waals surface area contributed by atoms with Crippen molar-refractivity contribution in [3.05, 3.63) is 35.9 Å². The minimum absolute atomic E-state index is 0.0934. The molecular weight excluding hydrogens is 375 g/mol. The summed E-state index contributed by atoms with van der Waals surface area (Å²) in [7, 11) is 1.35. The maximum absolute atomic E-state index is 13.1. The number of anilines is 2. The van der Waals surface area contributed by atoms with Gasteiger partial charge >= 0.3 is 6.18 Å². The topological polar surface area (TPSA) is 80.4 Å². The Hall–Kier alpha value is -3.11. The Morgan fingerprint density at radius 1 is 1.21 bits per heavy atom. The van der Waals surface area contributed by atoms with Gasteiger partial charge in [0.25, 0.3) is 5.91 Å². The zero-order valence-corrected chi connectivity index (χ0v) is 15.1. The highest BCUT2D eigenvalue weighted by molar-refractivity contribution is 6.08. The van der Waals surface area contributed by atoms with E-state index >= 15 is 0 Å². The lowest BCUT2D eigenvalue weighted by Crippen LogP contribution is -2.30. The molecule has 1 aliphatic rings. The molecule has 0 aliphatic carbocycles. The third-order valence-electron chi connectivity index (χ3n) is 4.62. The average Bonchev–Trinajstić information content (AvgIpc) is 3.25. The second kappa shape index (κ2) is 6.80. The van der Waals surface area contributed by atoms with Crippen LogP contribution in [0.3, 0.4) is 0 Å². The molecular formula is C17H18F3N7O. The van der Waals surface area contributed by atoms with Gasteiger partial charge in [-0.15, -0.1) is 0 Å². The highest BCUT2D eigenvalue weighted by Crippen LogP contribution is 2.33. The van der Waals surface area contributed by atoms with Crippen molar-refractivity contribution in [3.63, 3.8) is 0 Å². The van der Waals surface area contributed by atoms with Crippen molar-refractivity contribution in [3.8, 4) is 0 Å². The van der Waals surface area contributed by atoms with Crippen molar-refractivity contribution in [2.45, 2.75) is 25.4 Å². The number of aromatic nitrogens is 5. The number of amides is 1. The number of hydrogen-bond acceptors (Lipinski definition) is 5. The number of nitrogens with one attached hydrogen (secondary N) is 1. The molecule has 28 heavy (non-hydrogen) atoms. The summed E-state index contributed by atoms with van der Waals surface area (Å²) in [6.07, 6.45) is 2.73. The minimum atomic E-state index is -4.68. The Balaban J connectivity index is 1.65. The first kappa shape index (κ1) is 18.3. The third-order valence-corrected chi connectivity index (χ3v) is 4.62. The molecule has 3 aromatic rings. The number of hydrogen-bond donors (Lipinski definition) is 1. The largest absolute Gasteiger partial charge is 0.437 e. The predicted octanol–water partition coefficient (Wildman–Crippen LogP) is 2.72. The first-order chi connectivity index (χ1) is 13.3. The number of rotatable bonds is 3. The van der Waals surface area contributed by atoms with Gasteiger partial charge in [0.15, 0.2) is 11.3 Å². The van der Waals surface area contributed by atoms with Crippen LogP contribution in [0.2, 0.25) is 0 Å². The molecule has 1 N–H and O–H groups in total. The van der Waals surface area contributed by atoms with E-state index in [1.807, 2.05) is 6.07 Å². The van der Waals surface area contributed by atoms with Crippen molar-refractivity contribution >= 4 is 23.1 Å². The summed E-state index contributed by atoms with van der Waals surface area (Å²) in [4.78, 5) is 19.3. The zero-order valence-electron chi connectivity index (χ0n) is 15.1. The van der Waals surface area contributed by atoms with E-state index in [-0.39, 0.29) is 11.2 Å². The highest BCUT2D eigenvalue weighted by atomic mass is 19.4. The van der Waals surface area contributed by atoms with Gasteiger partial charge in [0.1, 0.15) is 11.4 Å². The number of alkyl halides is 3. The first-order valence-electron chi connectivity index (χ1n) is 8.84. The van der Waals surface area contributed by atoms with Crippen molar-refractivity contribution in [2.75, 3.05) is 23.3 Å². The second-order valence-electron chi connectivity index (χ2n) is 6.68. The lowest BCUT2D eigenvalue weighted by Gasteiger charge is -2.27. The molecule has 3 aromatic heterocycles. The molecule has 1 aliphatic heterocycles. The summed E-state index contributed by atoms with van der Waals surface area (Å²) < 4.78 is 41.7. The Bertz CT molecular complexity index is 1020. The standard InChI is InChI=1S/C17H18F3N7O/c1-25-10-12(14(24-25)17(18,19)20)22-16(28)11-9-21-27-8-5-13(23-15(11)27)26-6-3-2-4-7-26/h5,8-10H,2-4,6-7H2,1H3,(H,22,28). The molecule has 1 saturated heterocycles. The summed E-state index contributed by atoms with van der Waals surface area (Å²) in [5.74, 6) is -0.00379. The van der Waals surface area contributed by atoms with E-state index in [1.54, 1.807) is 6.20 Å². The molecule has 0 aromatic carbocycles. The molecule has 0 spiro atoms. The normalized spacial score (nSPS) is 15.2. The number of piperidine rings is 1. The van der Waals surface area contributed by atoms with Crippen LogP contribution in [0.15, 0.2) is 24.7 Å². The van der Waals surface area contributed by atoms with Gasteiger partial charge in [-0.3, -0.25) is 9.48 Å². The smallest absolute Gasteiger partial charge is 0.357 e. The maximum atomic E-state index is 13.1. The molecule has 4 rings (SSSR count). The molecule has 0 bridgehead atoms. The van der Waals surface area contributed by atoms with Crippen LogP contribution < -0.4 is 10.2 Å². The van der Waals surface area contributed by atoms with Crippen molar-refractivity contribution < 1.29 is 18.0 Å². The molecule has 1 amide bonds. The Labute approximate surface area is 158 Å². The highest BCUT2D eigenvalue weighted by Gasteiger charge is 2.37. The van der Waals surface area contributed by atoms with Crippen LogP contribution in [0.25, 0.3) is 5.65 Å². The number of carbonyl (C=O) groups is 1. The number of aryl methyl sites for hydroxylation is 1. The average molecular weight is 393 g/mol. The minimum Gasteiger partial charge on any atom is -0.357 e. The predicted molar refractivity (Wildman–Crippen MR) is 95.2 cm³/mol. The Morgan fingerprint density at radius 2 is 1.96 bits per heavy atom. The Kier molecular flexibility index (Phi) is 4.44. The summed E-state index contributed by atoms with van der Waals surface area (Å²) in [5, 5.41) is 9.75. The van der Waals surface area contributed by atoms with Gasteiger partial charge in [-0.25, -0.2) is 9.50 Å². The number of nitrogens with zero attached hydrogens (tertiary/aromatic N) is 6. The molecule has 0 radical (unpaired) electrons. The van der Waals surface area contributed by atoms with E-state index < -0.39 is 23.5 Å². The van der Waals surface area contributed by atoms with Crippen LogP contribution in [-0.4, -0.2) is 43.4 Å². The van der Waals surface area contributed by atoms with Crippen LogP contribution in [0.5, 0.6) is 0 Å². The fourth-order valence-corrected chi connectivity index (χ4v) is 3.30. The van der Waals surface area contributed by atoms with Crippen molar-refractivity contribution in [1.82, 2.24) is 24.4 Å². The van der Waals surface area contributed by atoms with Crippen molar-refractivity contribution in [1.29, 1.82) is 0 Å². The molecule has 0 unspecified atom stereocenters. The van der Waals surface area contributed by atoms with E-state index in [9.17, 15) is 18.0 Å². The monoisotopic (exact) mass is 393 g/mol. The van der Waals surface area contributed by atoms with E-state index in [0.717, 1.165) is 42.6 Å². The van der Waals surface area contributed by atoms with Crippen LogP contribution >= 0.6 is 0 Å². The molecule has 148 valence electrons. The van der Waals surface area contributed by atoms with Crippen LogP contribution in [-0.2, 0) is 13.2 Å². The van der Waals surface area contributed by atoms with E-state index in [1.165, 1.54) is 24.2 Å². The van der Waals surface area contributed by atoms with Crippen LogP contribution in [0.1, 0.15) is 35.3 Å². The van der Waals surface area contributed by atoms with Gasteiger partial charge in [-0.2, -0.15) is 23.4 Å². The molecule has 0 atom stereocenters. The van der Waals surface area contributed by atoms with Gasteiger partial charge in [0, 0.05) is 32.5 Å². The summed E-state index contributed by atoms with van der Waals surface area (Å²) >= 11 is 0. The first-order valence-corrected chi connectivity index (χ1v) is 8.84. The third kappa shape index (κ3) is 3.39. The van der Waals surface area contributed by atoms with Crippen LogP contribution in [0.4, 0.5) is 24.7 Å². The summed E-state index contributed by atoms with van der Waals surface area (Å²) in [6.45, 7) is 1.76. The molecule has 8 nitrogen and oxygen atoms in total. The van der Waals surface area contributed by atoms with E-state index in [4.69, 9.17) is 0 Å². The van der Waals surface area contributed by atoms with Crippen LogP contribution in [0, 0.1) is 0 Å². The fourth-order valence-electron chi connectivity index (χ4n) is 3.30. The maximum Gasteiger partial charge on any atom is 0.437 e. The zero-order chi connectivity index (χ0) is 19.9. The van der Waals surface area contributed by atoms with Gasteiger partial charge in [-0.1, -0.05) is 0 Å². The molecule has 11 heteroatoms.